The van der Waals surface area contributed by atoms with Gasteiger partial charge in [-0.25, -0.2) is 0 Å². The normalized spacial score (nSPS) is 24.5. The fraction of sp³-hybridized carbons (Fsp3) is 0.875. The lowest BCUT2D eigenvalue weighted by molar-refractivity contribution is -0.117. The van der Waals surface area contributed by atoms with Crippen molar-refractivity contribution in [3.63, 3.8) is 0 Å². The first kappa shape index (κ1) is 9.07. The van der Waals surface area contributed by atoms with Gasteiger partial charge in [-0.05, 0) is 32.6 Å². The van der Waals surface area contributed by atoms with Crippen LogP contribution >= 0.6 is 11.8 Å². The van der Waals surface area contributed by atoms with Crippen molar-refractivity contribution in [3.8, 4) is 0 Å². The second kappa shape index (κ2) is 4.12. The Balaban J connectivity index is 2.28. The summed E-state index contributed by atoms with van der Waals surface area (Å²) in [5, 5.41) is 0.596. The second-order valence-corrected chi connectivity index (χ2v) is 4.37. The number of likely N-dealkylation sites (N-methyl/N-ethyl adjacent to an activating group) is 1. The first-order valence-corrected chi connectivity index (χ1v) is 5.06. The van der Waals surface area contributed by atoms with Gasteiger partial charge in [0.05, 0.1) is 11.9 Å². The number of rotatable bonds is 3. The zero-order valence-electron chi connectivity index (χ0n) is 7.17. The van der Waals surface area contributed by atoms with Crippen molar-refractivity contribution < 1.29 is 4.79 Å². The Kier molecular flexibility index (Phi) is 3.40. The minimum Gasteiger partial charge on any atom is -0.299 e. The molecule has 0 aromatic heterocycles. The van der Waals surface area contributed by atoms with Crippen LogP contribution in [0, 0.1) is 0 Å². The van der Waals surface area contributed by atoms with Gasteiger partial charge in [-0.1, -0.05) is 0 Å². The minimum absolute atomic E-state index is 0.264. The van der Waals surface area contributed by atoms with Crippen LogP contribution in [0.1, 0.15) is 19.8 Å². The molecule has 0 radical (unpaired) electrons. The largest absolute Gasteiger partial charge is 0.299 e. The van der Waals surface area contributed by atoms with E-state index in [1.807, 2.05) is 18.8 Å². The third kappa shape index (κ3) is 2.83. The van der Waals surface area contributed by atoms with Crippen molar-refractivity contribution in [2.24, 2.45) is 0 Å². The molecule has 0 amide bonds. The molecule has 2 nitrogen and oxygen atoms in total. The van der Waals surface area contributed by atoms with E-state index in [1.54, 1.807) is 6.92 Å². The molecule has 1 fully saturated rings. The van der Waals surface area contributed by atoms with E-state index in [2.05, 4.69) is 4.90 Å². The molecule has 0 N–H and O–H groups in total. The molecule has 1 aliphatic heterocycles. The molecule has 1 saturated heterocycles. The predicted molar refractivity (Wildman–Crippen MR) is 48.8 cm³/mol. The van der Waals surface area contributed by atoms with Gasteiger partial charge < -0.3 is 0 Å². The molecule has 1 rings (SSSR count). The molecule has 11 heavy (non-hydrogen) atoms. The highest BCUT2D eigenvalue weighted by atomic mass is 32.2. The van der Waals surface area contributed by atoms with Gasteiger partial charge in [-0.2, -0.15) is 0 Å². The summed E-state index contributed by atoms with van der Waals surface area (Å²) in [5.74, 6) is 1.52. The summed E-state index contributed by atoms with van der Waals surface area (Å²) in [4.78, 5) is 12.9. The maximum absolute atomic E-state index is 10.8. The van der Waals surface area contributed by atoms with Gasteiger partial charge in [0.1, 0.15) is 5.78 Å². The maximum Gasteiger partial charge on any atom is 0.143 e. The Morgan fingerprint density at radius 3 is 2.91 bits per heavy atom. The summed E-state index contributed by atoms with van der Waals surface area (Å²) in [6.07, 6.45) is 2.55. The number of hydrogen-bond donors (Lipinski definition) is 0. The zero-order chi connectivity index (χ0) is 8.27. The molecule has 1 heterocycles. The van der Waals surface area contributed by atoms with E-state index >= 15 is 0 Å². The van der Waals surface area contributed by atoms with Crippen molar-refractivity contribution in [3.05, 3.63) is 0 Å². The minimum atomic E-state index is 0.264. The lowest BCUT2D eigenvalue weighted by Crippen LogP contribution is -2.31. The fourth-order valence-corrected chi connectivity index (χ4v) is 2.63. The maximum atomic E-state index is 10.8. The van der Waals surface area contributed by atoms with Gasteiger partial charge in [0.25, 0.3) is 0 Å². The lowest BCUT2D eigenvalue weighted by Gasteiger charge is -2.21. The summed E-state index contributed by atoms with van der Waals surface area (Å²) < 4.78 is 0. The van der Waals surface area contributed by atoms with E-state index in [9.17, 15) is 4.79 Å². The van der Waals surface area contributed by atoms with Crippen LogP contribution in [0.25, 0.3) is 0 Å². The van der Waals surface area contributed by atoms with E-state index in [0.29, 0.717) is 11.9 Å². The highest BCUT2D eigenvalue weighted by molar-refractivity contribution is 8.00. The van der Waals surface area contributed by atoms with Crippen LogP contribution in [0.4, 0.5) is 0 Å². The quantitative estimate of drug-likeness (QED) is 0.642. The molecule has 1 aliphatic rings. The number of carbonyl (C=O) groups excluding carboxylic acids is 1. The third-order valence-electron chi connectivity index (χ3n) is 1.87. The molecule has 0 spiro atoms. The zero-order valence-corrected chi connectivity index (χ0v) is 7.99. The summed E-state index contributed by atoms with van der Waals surface area (Å²) in [6.45, 7) is 2.26. The monoisotopic (exact) mass is 173 g/mol. The molecule has 0 aliphatic carbocycles. The standard InChI is InChI=1S/C8H15NOS/c1-7(10)6-9(2)8-4-3-5-11-8/h8H,3-6H2,1-2H3. The smallest absolute Gasteiger partial charge is 0.143 e. The molecular weight excluding hydrogens is 158 g/mol. The van der Waals surface area contributed by atoms with Crippen LogP contribution in [-0.4, -0.2) is 35.4 Å². The van der Waals surface area contributed by atoms with Crippen LogP contribution in [0.2, 0.25) is 0 Å². The van der Waals surface area contributed by atoms with Gasteiger partial charge in [0.15, 0.2) is 0 Å². The molecular formula is C8H15NOS. The van der Waals surface area contributed by atoms with Crippen molar-refractivity contribution in [2.45, 2.75) is 25.1 Å². The molecule has 1 atom stereocenters. The number of hydrogen-bond acceptors (Lipinski definition) is 3. The Bertz CT molecular complexity index is 143. The SMILES string of the molecule is CC(=O)CN(C)C1CCCS1. The van der Waals surface area contributed by atoms with Crippen LogP contribution in [-0.2, 0) is 4.79 Å². The average Bonchev–Trinajstić information content (AvgIpc) is 2.35. The van der Waals surface area contributed by atoms with Crippen molar-refractivity contribution in [1.29, 1.82) is 0 Å². The number of nitrogens with zero attached hydrogens (tertiary/aromatic N) is 1. The Hall–Kier alpha value is -0.0200. The molecule has 0 aromatic rings. The van der Waals surface area contributed by atoms with Crippen molar-refractivity contribution in [1.82, 2.24) is 4.90 Å². The highest BCUT2D eigenvalue weighted by Gasteiger charge is 2.20. The number of ketones is 1. The van der Waals surface area contributed by atoms with E-state index < -0.39 is 0 Å². The third-order valence-corrected chi connectivity index (χ3v) is 3.37. The highest BCUT2D eigenvalue weighted by Crippen LogP contribution is 2.27. The van der Waals surface area contributed by atoms with Gasteiger partial charge >= 0.3 is 0 Å². The molecule has 0 saturated carbocycles. The first-order chi connectivity index (χ1) is 5.20. The Morgan fingerprint density at radius 2 is 2.45 bits per heavy atom. The average molecular weight is 173 g/mol. The van der Waals surface area contributed by atoms with E-state index in [1.165, 1.54) is 18.6 Å². The van der Waals surface area contributed by atoms with Gasteiger partial charge in [0.2, 0.25) is 0 Å². The van der Waals surface area contributed by atoms with Crippen LogP contribution in [0.15, 0.2) is 0 Å². The summed E-state index contributed by atoms with van der Waals surface area (Å²) in [6, 6.07) is 0. The Labute approximate surface area is 72.3 Å². The molecule has 64 valence electrons. The Morgan fingerprint density at radius 1 is 1.73 bits per heavy atom. The van der Waals surface area contributed by atoms with E-state index in [-0.39, 0.29) is 5.78 Å². The first-order valence-electron chi connectivity index (χ1n) is 4.01. The molecule has 1 unspecified atom stereocenters. The van der Waals surface area contributed by atoms with Crippen molar-refractivity contribution in [2.75, 3.05) is 19.3 Å². The number of carbonyl (C=O) groups is 1. The van der Waals surface area contributed by atoms with E-state index in [4.69, 9.17) is 0 Å². The molecule has 3 heteroatoms. The van der Waals surface area contributed by atoms with Gasteiger partial charge in [-0.3, -0.25) is 9.69 Å². The van der Waals surface area contributed by atoms with Gasteiger partial charge in [-0.15, -0.1) is 11.8 Å². The lowest BCUT2D eigenvalue weighted by atomic mass is 10.3. The summed E-state index contributed by atoms with van der Waals surface area (Å²) >= 11 is 1.97. The number of Topliss-reactive ketones (excluding diaryl/α,β-unsaturated/α-hetero) is 1. The summed E-state index contributed by atoms with van der Waals surface area (Å²) in [7, 11) is 2.03. The molecule has 0 bridgehead atoms. The van der Waals surface area contributed by atoms with E-state index in [0.717, 1.165) is 0 Å². The van der Waals surface area contributed by atoms with Crippen LogP contribution < -0.4 is 0 Å². The summed E-state index contributed by atoms with van der Waals surface area (Å²) in [5.41, 5.74) is 0. The second-order valence-electron chi connectivity index (χ2n) is 3.08. The predicted octanol–water partition coefficient (Wildman–Crippen LogP) is 1.36. The fourth-order valence-electron chi connectivity index (χ4n) is 1.36. The van der Waals surface area contributed by atoms with Gasteiger partial charge in [0, 0.05) is 0 Å². The van der Waals surface area contributed by atoms with Crippen molar-refractivity contribution >= 4 is 17.5 Å². The topological polar surface area (TPSA) is 20.3 Å². The van der Waals surface area contributed by atoms with Crippen LogP contribution in [0.5, 0.6) is 0 Å². The number of thioether (sulfide) groups is 1. The molecule has 0 aromatic carbocycles. The van der Waals surface area contributed by atoms with Crippen LogP contribution in [0.3, 0.4) is 0 Å².